The van der Waals surface area contributed by atoms with Crippen LogP contribution >= 0.6 is 0 Å². The number of hydrogen-bond donors (Lipinski definition) is 2. The fraction of sp³-hybridized carbons (Fsp3) is 0.533. The van der Waals surface area contributed by atoms with Crippen molar-refractivity contribution in [3.05, 3.63) is 29.3 Å². The van der Waals surface area contributed by atoms with Gasteiger partial charge in [-0.2, -0.15) is 0 Å². The quantitative estimate of drug-likeness (QED) is 0.661. The van der Waals surface area contributed by atoms with Crippen LogP contribution in [0.25, 0.3) is 0 Å². The average molecular weight is 294 g/mol. The molecule has 2 heterocycles. The standard InChI is InChI=1S/C15H20F2N4/c16-12-7-10(15(18)19)8-13(17)14(12)21-6-3-11(9-21)20-4-1-2-5-20/h7-8,11H,1-6,9H2,(H3,18,19). The van der Waals surface area contributed by atoms with E-state index in [0.717, 1.165) is 31.6 Å². The summed E-state index contributed by atoms with van der Waals surface area (Å²) in [6.07, 6.45) is 3.37. The molecule has 3 rings (SSSR count). The zero-order valence-corrected chi connectivity index (χ0v) is 11.9. The van der Waals surface area contributed by atoms with E-state index >= 15 is 0 Å². The van der Waals surface area contributed by atoms with Gasteiger partial charge in [-0.3, -0.25) is 10.3 Å². The van der Waals surface area contributed by atoms with Gasteiger partial charge < -0.3 is 10.6 Å². The van der Waals surface area contributed by atoms with Crippen LogP contribution in [0.4, 0.5) is 14.5 Å². The number of nitrogens with one attached hydrogen (secondary N) is 1. The van der Waals surface area contributed by atoms with Crippen molar-refractivity contribution in [2.75, 3.05) is 31.1 Å². The van der Waals surface area contributed by atoms with E-state index < -0.39 is 11.6 Å². The van der Waals surface area contributed by atoms with Crippen LogP contribution in [0.5, 0.6) is 0 Å². The second kappa shape index (κ2) is 5.60. The summed E-state index contributed by atoms with van der Waals surface area (Å²) in [5.74, 6) is -1.60. The first-order valence-corrected chi connectivity index (χ1v) is 7.38. The molecule has 0 saturated carbocycles. The lowest BCUT2D eigenvalue weighted by atomic mass is 10.1. The third-order valence-corrected chi connectivity index (χ3v) is 4.46. The number of benzene rings is 1. The van der Waals surface area contributed by atoms with E-state index in [-0.39, 0.29) is 17.1 Å². The van der Waals surface area contributed by atoms with Crippen LogP contribution in [-0.2, 0) is 0 Å². The summed E-state index contributed by atoms with van der Waals surface area (Å²) in [7, 11) is 0. The Kier molecular flexibility index (Phi) is 3.80. The highest BCUT2D eigenvalue weighted by atomic mass is 19.1. The molecule has 4 nitrogen and oxygen atoms in total. The average Bonchev–Trinajstić information content (AvgIpc) is 3.08. The third-order valence-electron chi connectivity index (χ3n) is 4.46. The topological polar surface area (TPSA) is 56.4 Å². The molecule has 1 unspecified atom stereocenters. The van der Waals surface area contributed by atoms with Crippen LogP contribution < -0.4 is 10.6 Å². The Morgan fingerprint density at radius 1 is 1.14 bits per heavy atom. The zero-order chi connectivity index (χ0) is 15.0. The Morgan fingerprint density at radius 2 is 1.76 bits per heavy atom. The van der Waals surface area contributed by atoms with Crippen LogP contribution in [0, 0.1) is 17.0 Å². The number of nitrogens with two attached hydrogens (primary N) is 1. The molecule has 2 saturated heterocycles. The Labute approximate surface area is 123 Å². The minimum atomic E-state index is -0.637. The third kappa shape index (κ3) is 2.72. The smallest absolute Gasteiger partial charge is 0.150 e. The van der Waals surface area contributed by atoms with Crippen LogP contribution in [0.15, 0.2) is 12.1 Å². The van der Waals surface area contributed by atoms with E-state index in [0.29, 0.717) is 19.1 Å². The molecule has 0 spiro atoms. The minimum absolute atomic E-state index is 0.0155. The first-order chi connectivity index (χ1) is 10.1. The Balaban J connectivity index is 1.80. The van der Waals surface area contributed by atoms with Crippen molar-refractivity contribution >= 4 is 11.5 Å². The lowest BCUT2D eigenvalue weighted by molar-refractivity contribution is 0.260. The predicted molar refractivity (Wildman–Crippen MR) is 78.8 cm³/mol. The van der Waals surface area contributed by atoms with Crippen molar-refractivity contribution in [1.29, 1.82) is 5.41 Å². The van der Waals surface area contributed by atoms with Crippen LogP contribution in [0.1, 0.15) is 24.8 Å². The maximum absolute atomic E-state index is 14.2. The van der Waals surface area contributed by atoms with Crippen molar-refractivity contribution in [2.45, 2.75) is 25.3 Å². The second-order valence-corrected chi connectivity index (χ2v) is 5.83. The zero-order valence-electron chi connectivity index (χ0n) is 11.9. The van der Waals surface area contributed by atoms with Gasteiger partial charge in [-0.05, 0) is 44.5 Å². The van der Waals surface area contributed by atoms with Crippen LogP contribution in [0.3, 0.4) is 0 Å². The van der Waals surface area contributed by atoms with Gasteiger partial charge >= 0.3 is 0 Å². The Bertz CT molecular complexity index is 532. The molecule has 2 aliphatic heterocycles. The molecule has 1 atom stereocenters. The molecular weight excluding hydrogens is 274 g/mol. The SMILES string of the molecule is N=C(N)c1cc(F)c(N2CCC(N3CCCC3)C2)c(F)c1. The number of halogens is 2. The van der Waals surface area contributed by atoms with E-state index in [1.807, 2.05) is 0 Å². The molecule has 21 heavy (non-hydrogen) atoms. The maximum Gasteiger partial charge on any atom is 0.150 e. The summed E-state index contributed by atoms with van der Waals surface area (Å²) in [5, 5.41) is 7.28. The van der Waals surface area contributed by atoms with Gasteiger partial charge in [0.25, 0.3) is 0 Å². The first-order valence-electron chi connectivity index (χ1n) is 7.38. The monoisotopic (exact) mass is 294 g/mol. The highest BCUT2D eigenvalue weighted by Crippen LogP contribution is 2.30. The molecule has 0 aromatic heterocycles. The highest BCUT2D eigenvalue weighted by Gasteiger charge is 2.31. The molecule has 0 amide bonds. The van der Waals surface area contributed by atoms with Crippen LogP contribution in [0.2, 0.25) is 0 Å². The summed E-state index contributed by atoms with van der Waals surface area (Å²) in [6.45, 7) is 3.50. The fourth-order valence-corrected chi connectivity index (χ4v) is 3.37. The Hall–Kier alpha value is -1.69. The van der Waals surface area contributed by atoms with E-state index in [1.54, 1.807) is 4.90 Å². The number of hydrogen-bond acceptors (Lipinski definition) is 3. The molecule has 3 N–H and O–H groups in total. The van der Waals surface area contributed by atoms with Crippen molar-refractivity contribution in [3.8, 4) is 0 Å². The molecule has 0 radical (unpaired) electrons. The lowest BCUT2D eigenvalue weighted by Crippen LogP contribution is -2.35. The van der Waals surface area contributed by atoms with Gasteiger partial charge in [0.1, 0.15) is 23.2 Å². The maximum atomic E-state index is 14.2. The summed E-state index contributed by atoms with van der Waals surface area (Å²) in [4.78, 5) is 4.19. The molecule has 114 valence electrons. The lowest BCUT2D eigenvalue weighted by Gasteiger charge is -2.25. The van der Waals surface area contributed by atoms with E-state index in [9.17, 15) is 8.78 Å². The molecule has 2 fully saturated rings. The second-order valence-electron chi connectivity index (χ2n) is 5.83. The molecular formula is C15H20F2N4. The van der Waals surface area contributed by atoms with Gasteiger partial charge in [-0.25, -0.2) is 8.78 Å². The van der Waals surface area contributed by atoms with Gasteiger partial charge in [0.05, 0.1) is 0 Å². The molecule has 0 bridgehead atoms. The number of nitrogen functional groups attached to an aromatic ring is 1. The van der Waals surface area contributed by atoms with E-state index in [2.05, 4.69) is 4.90 Å². The molecule has 6 heteroatoms. The van der Waals surface area contributed by atoms with Gasteiger partial charge in [-0.1, -0.05) is 0 Å². The number of anilines is 1. The van der Waals surface area contributed by atoms with Gasteiger partial charge in [0, 0.05) is 24.7 Å². The van der Waals surface area contributed by atoms with E-state index in [4.69, 9.17) is 11.1 Å². The molecule has 0 aliphatic carbocycles. The fourth-order valence-electron chi connectivity index (χ4n) is 3.37. The number of amidine groups is 1. The molecule has 1 aromatic rings. The summed E-state index contributed by atoms with van der Waals surface area (Å²) < 4.78 is 28.4. The van der Waals surface area contributed by atoms with Gasteiger partial charge in [-0.15, -0.1) is 0 Å². The van der Waals surface area contributed by atoms with Crippen molar-refractivity contribution < 1.29 is 8.78 Å². The Morgan fingerprint density at radius 3 is 2.33 bits per heavy atom. The van der Waals surface area contributed by atoms with Gasteiger partial charge in [0.2, 0.25) is 0 Å². The summed E-state index contributed by atoms with van der Waals surface area (Å²) in [5.41, 5.74) is 5.39. The van der Waals surface area contributed by atoms with Gasteiger partial charge in [0.15, 0.2) is 0 Å². The number of rotatable bonds is 3. The largest absolute Gasteiger partial charge is 0.384 e. The summed E-state index contributed by atoms with van der Waals surface area (Å²) in [6, 6.07) is 2.67. The summed E-state index contributed by atoms with van der Waals surface area (Å²) >= 11 is 0. The predicted octanol–water partition coefficient (Wildman–Crippen LogP) is 1.92. The van der Waals surface area contributed by atoms with E-state index in [1.165, 1.54) is 12.8 Å². The number of likely N-dealkylation sites (tertiary alicyclic amines) is 1. The highest BCUT2D eigenvalue weighted by molar-refractivity contribution is 5.95. The first kappa shape index (κ1) is 14.3. The van der Waals surface area contributed by atoms with Crippen molar-refractivity contribution in [3.63, 3.8) is 0 Å². The van der Waals surface area contributed by atoms with Crippen LogP contribution in [-0.4, -0.2) is 43.0 Å². The van der Waals surface area contributed by atoms with Crippen molar-refractivity contribution in [1.82, 2.24) is 4.90 Å². The normalized spacial score (nSPS) is 23.0. The molecule has 2 aliphatic rings. The van der Waals surface area contributed by atoms with Crippen molar-refractivity contribution in [2.24, 2.45) is 5.73 Å². The minimum Gasteiger partial charge on any atom is -0.384 e. The molecule has 1 aromatic carbocycles. The number of nitrogens with zero attached hydrogens (tertiary/aromatic N) is 2.